The Balaban J connectivity index is 1.21. The first-order chi connectivity index (χ1) is 16.2. The van der Waals surface area contributed by atoms with Crippen LogP contribution in [0.2, 0.25) is 0 Å². The van der Waals surface area contributed by atoms with Gasteiger partial charge in [-0.1, -0.05) is 5.21 Å². The number of likely N-dealkylation sites (tertiary alicyclic amines) is 2. The van der Waals surface area contributed by atoms with Crippen molar-refractivity contribution in [2.75, 3.05) is 26.2 Å². The van der Waals surface area contributed by atoms with Crippen LogP contribution in [-0.2, 0) is 11.0 Å². The maximum Gasteiger partial charge on any atom is 0.416 e. The Labute approximate surface area is 191 Å². The highest BCUT2D eigenvalue weighted by Crippen LogP contribution is 2.33. The molecule has 2 amide bonds. The molecule has 0 saturated carbocycles. The molecule has 2 fully saturated rings. The third-order valence-corrected chi connectivity index (χ3v) is 6.32. The fourth-order valence-corrected chi connectivity index (χ4v) is 4.64. The second kappa shape index (κ2) is 8.23. The Bertz CT molecular complexity index is 1290. The largest absolute Gasteiger partial charge is 0.416 e. The molecular formula is C23H19F4N5O2. The number of rotatable bonds is 3. The minimum absolute atomic E-state index is 0.0408. The number of nitrogens with zero attached hydrogens (tertiary/aromatic N) is 4. The molecule has 11 heteroatoms. The number of fused-ring (bicyclic) bond motifs is 2. The van der Waals surface area contributed by atoms with Crippen molar-refractivity contribution in [2.45, 2.75) is 6.18 Å². The average Bonchev–Trinajstić information content (AvgIpc) is 3.50. The van der Waals surface area contributed by atoms with Gasteiger partial charge in [0, 0.05) is 49.7 Å². The van der Waals surface area contributed by atoms with E-state index in [0.717, 1.165) is 23.7 Å². The van der Waals surface area contributed by atoms with Crippen LogP contribution in [0.25, 0.3) is 17.1 Å². The maximum atomic E-state index is 13.6. The second-order valence-corrected chi connectivity index (χ2v) is 8.62. The zero-order valence-corrected chi connectivity index (χ0v) is 17.7. The van der Waals surface area contributed by atoms with Crippen LogP contribution in [0.5, 0.6) is 0 Å². The van der Waals surface area contributed by atoms with E-state index in [1.807, 2.05) is 0 Å². The fourth-order valence-electron chi connectivity index (χ4n) is 4.64. The van der Waals surface area contributed by atoms with E-state index in [-0.39, 0.29) is 29.2 Å². The summed E-state index contributed by atoms with van der Waals surface area (Å²) in [6.07, 6.45) is -2.33. The predicted octanol–water partition coefficient (Wildman–Crippen LogP) is 3.36. The molecule has 2 saturated heterocycles. The summed E-state index contributed by atoms with van der Waals surface area (Å²) in [5.74, 6) is -1.26. The van der Waals surface area contributed by atoms with Crippen molar-refractivity contribution < 1.29 is 27.2 Å². The number of halogens is 4. The molecule has 7 nitrogen and oxygen atoms in total. The highest BCUT2D eigenvalue weighted by atomic mass is 19.4. The van der Waals surface area contributed by atoms with Crippen LogP contribution in [0.1, 0.15) is 21.5 Å². The van der Waals surface area contributed by atoms with Gasteiger partial charge in [-0.05, 0) is 48.0 Å². The minimum Gasteiger partial charge on any atom is -0.338 e. The molecule has 2 aromatic carbocycles. The summed E-state index contributed by atoms with van der Waals surface area (Å²) in [5.41, 5.74) is 0.716. The molecule has 2 unspecified atom stereocenters. The number of carbonyl (C=O) groups is 2. The topological polar surface area (TPSA) is 82.2 Å². The molecular weight excluding hydrogens is 454 g/mol. The van der Waals surface area contributed by atoms with Gasteiger partial charge in [-0.3, -0.25) is 14.7 Å². The van der Waals surface area contributed by atoms with Crippen LogP contribution in [0.15, 0.2) is 42.5 Å². The highest BCUT2D eigenvalue weighted by Gasteiger charge is 2.42. The molecule has 1 aromatic heterocycles. The Morgan fingerprint density at radius 1 is 1.00 bits per heavy atom. The first kappa shape index (κ1) is 22.1. The summed E-state index contributed by atoms with van der Waals surface area (Å²) in [6.45, 7) is 1.90. The number of nitrogens with one attached hydrogen (secondary N) is 1. The van der Waals surface area contributed by atoms with E-state index in [4.69, 9.17) is 0 Å². The zero-order chi connectivity index (χ0) is 24.0. The molecule has 176 valence electrons. The first-order valence-electron chi connectivity index (χ1n) is 10.6. The predicted molar refractivity (Wildman–Crippen MR) is 114 cm³/mol. The number of H-pyrrole nitrogens is 1. The Kier molecular flexibility index (Phi) is 5.34. The number of hydrogen-bond acceptors (Lipinski definition) is 4. The third-order valence-electron chi connectivity index (χ3n) is 6.32. The molecule has 2 aliphatic heterocycles. The molecule has 5 rings (SSSR count). The Morgan fingerprint density at radius 3 is 2.41 bits per heavy atom. The van der Waals surface area contributed by atoms with Crippen LogP contribution in [-0.4, -0.2) is 63.2 Å². The van der Waals surface area contributed by atoms with Crippen LogP contribution in [0.3, 0.4) is 0 Å². The monoisotopic (exact) mass is 473 g/mol. The quantitative estimate of drug-likeness (QED) is 0.467. The number of aromatic nitrogens is 3. The van der Waals surface area contributed by atoms with Crippen molar-refractivity contribution in [2.24, 2.45) is 11.8 Å². The van der Waals surface area contributed by atoms with Crippen molar-refractivity contribution in [1.82, 2.24) is 25.2 Å². The summed E-state index contributed by atoms with van der Waals surface area (Å²) < 4.78 is 52.2. The SMILES string of the molecule is O=C(/C=C/c1cc(F)cc(C(F)(F)F)c1)N1CC2CN(C(=O)c3ccc4[nH]nnc4c3)CC2C1. The van der Waals surface area contributed by atoms with Gasteiger partial charge in [0.2, 0.25) is 5.91 Å². The Morgan fingerprint density at radius 2 is 1.71 bits per heavy atom. The third kappa shape index (κ3) is 4.25. The number of carbonyl (C=O) groups excluding carboxylic acids is 2. The number of hydrogen-bond donors (Lipinski definition) is 1. The summed E-state index contributed by atoms with van der Waals surface area (Å²) in [7, 11) is 0. The molecule has 0 spiro atoms. The van der Waals surface area contributed by atoms with Crippen molar-refractivity contribution in [1.29, 1.82) is 0 Å². The van der Waals surface area contributed by atoms with E-state index in [2.05, 4.69) is 15.4 Å². The summed E-state index contributed by atoms with van der Waals surface area (Å²) in [6, 6.07) is 7.31. The number of amides is 2. The van der Waals surface area contributed by atoms with Gasteiger partial charge in [-0.15, -0.1) is 5.10 Å². The molecule has 2 aliphatic rings. The fraction of sp³-hybridized carbons (Fsp3) is 0.304. The summed E-state index contributed by atoms with van der Waals surface area (Å²) in [4.78, 5) is 28.9. The normalized spacial score (nSPS) is 20.5. The van der Waals surface area contributed by atoms with Gasteiger partial charge in [0.25, 0.3) is 5.91 Å². The van der Waals surface area contributed by atoms with Crippen LogP contribution < -0.4 is 0 Å². The van der Waals surface area contributed by atoms with Crippen molar-refractivity contribution >= 4 is 28.9 Å². The summed E-state index contributed by atoms with van der Waals surface area (Å²) in [5, 5.41) is 10.4. The number of benzene rings is 2. The smallest absolute Gasteiger partial charge is 0.338 e. The van der Waals surface area contributed by atoms with Gasteiger partial charge in [-0.2, -0.15) is 13.2 Å². The lowest BCUT2D eigenvalue weighted by Gasteiger charge is -2.21. The lowest BCUT2D eigenvalue weighted by Crippen LogP contribution is -2.35. The lowest BCUT2D eigenvalue weighted by atomic mass is 10.0. The molecule has 3 heterocycles. The molecule has 34 heavy (non-hydrogen) atoms. The molecule has 1 N–H and O–H groups in total. The van der Waals surface area contributed by atoms with Crippen LogP contribution >= 0.6 is 0 Å². The molecule has 0 bridgehead atoms. The van der Waals surface area contributed by atoms with Crippen molar-refractivity contribution in [3.05, 3.63) is 65.0 Å². The van der Waals surface area contributed by atoms with Crippen LogP contribution in [0.4, 0.5) is 17.6 Å². The number of alkyl halides is 3. The average molecular weight is 473 g/mol. The lowest BCUT2D eigenvalue weighted by molar-refractivity contribution is -0.137. The van der Waals surface area contributed by atoms with Gasteiger partial charge >= 0.3 is 6.18 Å². The standard InChI is InChI=1S/C23H19F4N5O2/c24-18-6-13(5-17(8-18)23(25,26)27)1-4-21(33)31-9-15-11-32(12-16(15)10-31)22(34)14-2-3-19-20(7-14)29-30-28-19/h1-8,15-16H,9-12H2,(H,28,29,30)/b4-1+. The molecule has 3 aromatic rings. The van der Waals surface area contributed by atoms with Crippen molar-refractivity contribution in [3.63, 3.8) is 0 Å². The molecule has 0 aliphatic carbocycles. The van der Waals surface area contributed by atoms with E-state index >= 15 is 0 Å². The Hall–Kier alpha value is -3.76. The molecule has 0 radical (unpaired) electrons. The minimum atomic E-state index is -4.68. The van der Waals surface area contributed by atoms with Crippen molar-refractivity contribution in [3.8, 4) is 0 Å². The second-order valence-electron chi connectivity index (χ2n) is 8.62. The zero-order valence-electron chi connectivity index (χ0n) is 17.7. The van der Waals surface area contributed by atoms with Crippen LogP contribution in [0, 0.1) is 17.7 Å². The first-order valence-corrected chi connectivity index (χ1v) is 10.6. The summed E-state index contributed by atoms with van der Waals surface area (Å²) >= 11 is 0. The van der Waals surface area contributed by atoms with E-state index in [0.29, 0.717) is 43.3 Å². The molecule has 2 atom stereocenters. The van der Waals surface area contributed by atoms with Gasteiger partial charge in [-0.25, -0.2) is 4.39 Å². The van der Waals surface area contributed by atoms with Gasteiger partial charge in [0.05, 0.1) is 11.1 Å². The van der Waals surface area contributed by atoms with E-state index in [9.17, 15) is 27.2 Å². The van der Waals surface area contributed by atoms with Gasteiger partial charge in [0.1, 0.15) is 11.3 Å². The van der Waals surface area contributed by atoms with E-state index in [1.165, 1.54) is 6.08 Å². The van der Waals surface area contributed by atoms with E-state index < -0.39 is 17.6 Å². The highest BCUT2D eigenvalue weighted by molar-refractivity contribution is 5.97. The number of aromatic amines is 1. The van der Waals surface area contributed by atoms with E-state index in [1.54, 1.807) is 28.0 Å². The van der Waals surface area contributed by atoms with Gasteiger partial charge < -0.3 is 9.80 Å². The van der Waals surface area contributed by atoms with Gasteiger partial charge in [0.15, 0.2) is 0 Å². The maximum absolute atomic E-state index is 13.6.